The molecule has 1 rings (SSSR count). The molecule has 0 bridgehead atoms. The minimum absolute atomic E-state index is 0. The third kappa shape index (κ3) is 8.28. The normalized spacial score (nSPS) is 6.92. The van der Waals surface area contributed by atoms with Gasteiger partial charge in [0.2, 0.25) is 0 Å². The number of carbonyl (C=O) groups excluding carboxylic acids is 1. The van der Waals surface area contributed by atoms with E-state index in [9.17, 15) is 0 Å². The number of hydrogen-bond donors (Lipinski definition) is 0. The van der Waals surface area contributed by atoms with Crippen LogP contribution in [0.15, 0.2) is 12.1 Å². The third-order valence-corrected chi connectivity index (χ3v) is 1.44. The first-order valence-electron chi connectivity index (χ1n) is 3.08. The Morgan fingerprint density at radius 1 is 1.83 bits per heavy atom. The molecule has 0 saturated heterocycles. The summed E-state index contributed by atoms with van der Waals surface area (Å²) in [4.78, 5) is 8.74. The Morgan fingerprint density at radius 3 is 2.75 bits per heavy atom. The van der Waals surface area contributed by atoms with Crippen LogP contribution in [0.25, 0.3) is 0 Å². The number of hydrogen-bond acceptors (Lipinski definition) is 3. The van der Waals surface area contributed by atoms with Crippen LogP contribution in [0.3, 0.4) is 0 Å². The molecule has 64 valence electrons. The van der Waals surface area contributed by atoms with Crippen molar-refractivity contribution in [2.45, 2.75) is 6.92 Å². The van der Waals surface area contributed by atoms with Gasteiger partial charge in [-0.25, -0.2) is 0 Å². The van der Waals surface area contributed by atoms with Crippen molar-refractivity contribution in [1.29, 1.82) is 0 Å². The fourth-order valence-electron chi connectivity index (χ4n) is 0.448. The van der Waals surface area contributed by atoms with E-state index in [-0.39, 0.29) is 17.0 Å². The van der Waals surface area contributed by atoms with Gasteiger partial charge in [-0.3, -0.25) is 11.3 Å². The number of rotatable bonds is 2. The van der Waals surface area contributed by atoms with Crippen molar-refractivity contribution in [2.24, 2.45) is 0 Å². The molecule has 0 N–H and O–H groups in total. The number of ether oxygens (including phenoxy) is 1. The van der Waals surface area contributed by atoms with E-state index in [4.69, 9.17) is 9.53 Å². The summed E-state index contributed by atoms with van der Waals surface area (Å²) in [6, 6.07) is 3.77. The molecule has 0 saturated carbocycles. The van der Waals surface area contributed by atoms with Crippen molar-refractivity contribution in [3.63, 3.8) is 0 Å². The molecule has 12 heavy (non-hydrogen) atoms. The molecule has 0 unspecified atom stereocenters. The number of halogens is 1. The van der Waals surface area contributed by atoms with Gasteiger partial charge in [-0.2, -0.15) is 12.1 Å². The van der Waals surface area contributed by atoms with Crippen molar-refractivity contribution in [3.05, 3.63) is 17.5 Å². The Kier molecular flexibility index (Phi) is 13.7. The monoisotopic (exact) mass is 299 g/mol. The summed E-state index contributed by atoms with van der Waals surface area (Å²) < 4.78 is 6.76. The summed E-state index contributed by atoms with van der Waals surface area (Å²) in [6.45, 7) is 2.72. The summed E-state index contributed by atoms with van der Waals surface area (Å²) in [5, 5.41) is 3.88. The van der Waals surface area contributed by atoms with Gasteiger partial charge in [0.15, 0.2) is 0 Å². The molecule has 0 aliphatic heterocycles. The van der Waals surface area contributed by atoms with Gasteiger partial charge in [-0.15, -0.1) is 22.4 Å². The van der Waals surface area contributed by atoms with E-state index < -0.39 is 0 Å². The van der Waals surface area contributed by atoms with Crippen LogP contribution in [-0.4, -0.2) is 11.1 Å². The van der Waals surface area contributed by atoms with Gasteiger partial charge >= 0.3 is 27.1 Å². The Morgan fingerprint density at radius 2 is 2.42 bits per heavy atom. The molecular formula is C7H8BrO2SZn-. The van der Waals surface area contributed by atoms with E-state index in [1.165, 1.54) is 11.3 Å². The van der Waals surface area contributed by atoms with Crippen LogP contribution < -0.4 is 4.74 Å². The van der Waals surface area contributed by atoms with E-state index in [2.05, 4.69) is 5.38 Å². The van der Waals surface area contributed by atoms with Crippen molar-refractivity contribution in [1.82, 2.24) is 0 Å². The van der Waals surface area contributed by atoms with Crippen molar-refractivity contribution < 1.29 is 27.4 Å². The van der Waals surface area contributed by atoms with Crippen molar-refractivity contribution in [2.75, 3.05) is 6.61 Å². The molecule has 1 heterocycles. The van der Waals surface area contributed by atoms with E-state index in [1.807, 2.05) is 19.1 Å². The zero-order valence-corrected chi connectivity index (χ0v) is 12.2. The molecule has 5 heteroatoms. The van der Waals surface area contributed by atoms with Gasteiger partial charge in [-0.05, 0) is 6.92 Å². The first-order valence-corrected chi connectivity index (χ1v) is 5.38. The second kappa shape index (κ2) is 11.2. The third-order valence-electron chi connectivity index (χ3n) is 0.734. The van der Waals surface area contributed by atoms with E-state index in [0.717, 1.165) is 11.7 Å². The predicted molar refractivity (Wildman–Crippen MR) is 50.3 cm³/mol. The van der Waals surface area contributed by atoms with Crippen LogP contribution >= 0.6 is 28.3 Å². The second-order valence-electron chi connectivity index (χ2n) is 1.45. The predicted octanol–water partition coefficient (Wildman–Crippen LogP) is 2.13. The summed E-state index contributed by atoms with van der Waals surface area (Å²) in [5.41, 5.74) is 0. The molecule has 0 atom stereocenters. The standard InChI is InChI=1S/C6H7OS.CO.BrH.Zn/c1-2-7-6-4-3-5-8-6;1-2;;/h3-4H,2H2,1H3;;1H;/q-1;;;. The molecule has 1 aromatic heterocycles. The van der Waals surface area contributed by atoms with Gasteiger partial charge in [0.05, 0.1) is 6.61 Å². The van der Waals surface area contributed by atoms with Crippen LogP contribution in [-0.2, 0) is 22.6 Å². The molecule has 1 aromatic rings. The fraction of sp³-hybridized carbons (Fsp3) is 0.286. The molecule has 0 spiro atoms. The van der Waals surface area contributed by atoms with Crippen molar-refractivity contribution in [3.8, 4) is 5.06 Å². The zero-order valence-electron chi connectivity index (χ0n) is 6.70. The van der Waals surface area contributed by atoms with Gasteiger partial charge in [0.25, 0.3) is 0 Å². The molecule has 0 amide bonds. The summed E-state index contributed by atoms with van der Waals surface area (Å²) in [5.74, 6) is 0. The Hall–Kier alpha value is 0.183. The van der Waals surface area contributed by atoms with Gasteiger partial charge in [-0.1, -0.05) is 0 Å². The molecule has 0 fully saturated rings. The fourth-order valence-corrected chi connectivity index (χ4v) is 1.01. The van der Waals surface area contributed by atoms with Crippen LogP contribution in [0.2, 0.25) is 0 Å². The van der Waals surface area contributed by atoms with Crippen molar-refractivity contribution >= 4 is 32.8 Å². The molecule has 0 radical (unpaired) electrons. The Bertz CT molecular complexity index is 207. The van der Waals surface area contributed by atoms with Gasteiger partial charge in [0.1, 0.15) is 0 Å². The molecular weight excluding hydrogens is 293 g/mol. The average Bonchev–Trinajstić information content (AvgIpc) is 2.42. The van der Waals surface area contributed by atoms with E-state index in [1.54, 1.807) is 4.47 Å². The van der Waals surface area contributed by atoms with Crippen LogP contribution in [0.1, 0.15) is 6.92 Å². The quantitative estimate of drug-likeness (QED) is 0.618. The van der Waals surface area contributed by atoms with E-state index >= 15 is 0 Å². The Labute approximate surface area is 95.9 Å². The topological polar surface area (TPSA) is 26.3 Å². The maximum absolute atomic E-state index is 8.74. The molecule has 0 aliphatic rings. The van der Waals surface area contributed by atoms with Crippen LogP contribution in [0.5, 0.6) is 5.06 Å². The van der Waals surface area contributed by atoms with E-state index in [0.29, 0.717) is 17.9 Å². The maximum atomic E-state index is 8.74. The summed E-state index contributed by atoms with van der Waals surface area (Å²) in [6.07, 6.45) is 0. The SMILES string of the molecule is Br.CCOc1cc[c-]s1.O=[C]=[Zn]. The molecule has 0 aromatic carbocycles. The van der Waals surface area contributed by atoms with Gasteiger partial charge < -0.3 is 4.74 Å². The van der Waals surface area contributed by atoms with Crippen LogP contribution in [0.4, 0.5) is 0 Å². The number of thiophene rings is 1. The second-order valence-corrected chi connectivity index (χ2v) is 2.90. The zero-order chi connectivity index (χ0) is 8.53. The molecule has 0 aliphatic carbocycles. The average molecular weight is 302 g/mol. The first kappa shape index (κ1) is 14.7. The first-order chi connectivity index (χ1) is 5.35. The van der Waals surface area contributed by atoms with Crippen LogP contribution in [0, 0.1) is 5.38 Å². The van der Waals surface area contributed by atoms with Gasteiger partial charge in [0, 0.05) is 5.06 Å². The summed E-state index contributed by atoms with van der Waals surface area (Å²) in [7, 11) is 0. The summed E-state index contributed by atoms with van der Waals surface area (Å²) >= 11 is 2.14. The Balaban J connectivity index is 0. The molecule has 2 nitrogen and oxygen atoms in total. The minimum atomic E-state index is 0.